The zero-order chi connectivity index (χ0) is 15.4. The molecule has 1 N–H and O–H groups in total. The lowest BCUT2D eigenvalue weighted by atomic mass is 10.0. The van der Waals surface area contributed by atoms with Crippen LogP contribution < -0.4 is 10.1 Å². The Hall–Kier alpha value is -1.58. The van der Waals surface area contributed by atoms with Gasteiger partial charge in [-0.1, -0.05) is 35.9 Å². The number of halogens is 2. The van der Waals surface area contributed by atoms with Crippen molar-refractivity contribution in [3.8, 4) is 5.75 Å². The molecule has 112 valence electrons. The molecular weight excluding hydrogens is 289 g/mol. The minimum absolute atomic E-state index is 0.00184. The van der Waals surface area contributed by atoms with Gasteiger partial charge in [0.1, 0.15) is 11.6 Å². The average Bonchev–Trinajstić information content (AvgIpc) is 2.46. The van der Waals surface area contributed by atoms with Crippen molar-refractivity contribution in [1.29, 1.82) is 0 Å². The molecule has 0 amide bonds. The van der Waals surface area contributed by atoms with Gasteiger partial charge in [0.2, 0.25) is 0 Å². The van der Waals surface area contributed by atoms with E-state index in [2.05, 4.69) is 5.32 Å². The molecule has 0 aliphatic heterocycles. The molecule has 0 radical (unpaired) electrons. The van der Waals surface area contributed by atoms with Crippen molar-refractivity contribution in [2.24, 2.45) is 0 Å². The normalized spacial score (nSPS) is 13.8. The van der Waals surface area contributed by atoms with E-state index in [9.17, 15) is 4.39 Å². The molecule has 21 heavy (non-hydrogen) atoms. The molecule has 0 aliphatic carbocycles. The van der Waals surface area contributed by atoms with E-state index in [-0.39, 0.29) is 17.9 Å². The molecule has 0 saturated heterocycles. The Morgan fingerprint density at radius 2 is 1.76 bits per heavy atom. The summed E-state index contributed by atoms with van der Waals surface area (Å²) >= 11 is 6.20. The lowest BCUT2D eigenvalue weighted by Gasteiger charge is -2.23. The highest BCUT2D eigenvalue weighted by Gasteiger charge is 2.19. The summed E-state index contributed by atoms with van der Waals surface area (Å²) in [5.74, 6) is 0.266. The Morgan fingerprint density at radius 1 is 1.05 bits per heavy atom. The monoisotopic (exact) mass is 307 g/mol. The van der Waals surface area contributed by atoms with Gasteiger partial charge >= 0.3 is 0 Å². The quantitative estimate of drug-likeness (QED) is 0.848. The first-order chi connectivity index (χ1) is 10.0. The predicted octanol–water partition coefficient (Wildman–Crippen LogP) is 4.90. The number of ether oxygens (including phenoxy) is 1. The van der Waals surface area contributed by atoms with Crippen LogP contribution in [0, 0.1) is 5.82 Å². The highest BCUT2D eigenvalue weighted by molar-refractivity contribution is 6.31. The summed E-state index contributed by atoms with van der Waals surface area (Å²) in [6.07, 6.45) is 0. The van der Waals surface area contributed by atoms with Gasteiger partial charge in [-0.25, -0.2) is 4.39 Å². The van der Waals surface area contributed by atoms with Gasteiger partial charge in [-0.05, 0) is 37.6 Å². The van der Waals surface area contributed by atoms with Crippen molar-refractivity contribution in [3.63, 3.8) is 0 Å². The van der Waals surface area contributed by atoms with E-state index >= 15 is 0 Å². The second-order valence-corrected chi connectivity index (χ2v) is 5.39. The first kappa shape index (κ1) is 15.8. The van der Waals surface area contributed by atoms with Crippen LogP contribution in [0.25, 0.3) is 0 Å². The van der Waals surface area contributed by atoms with Crippen molar-refractivity contribution in [1.82, 2.24) is 5.32 Å². The summed E-state index contributed by atoms with van der Waals surface area (Å²) in [4.78, 5) is 0. The van der Waals surface area contributed by atoms with Crippen molar-refractivity contribution in [2.45, 2.75) is 25.9 Å². The highest BCUT2D eigenvalue weighted by Crippen LogP contribution is 2.30. The fourth-order valence-corrected chi connectivity index (χ4v) is 2.79. The lowest BCUT2D eigenvalue weighted by molar-refractivity contribution is 0.387. The minimum Gasteiger partial charge on any atom is -0.496 e. The van der Waals surface area contributed by atoms with Gasteiger partial charge in [-0.3, -0.25) is 0 Å². The van der Waals surface area contributed by atoms with Gasteiger partial charge in [-0.2, -0.15) is 0 Å². The van der Waals surface area contributed by atoms with Gasteiger partial charge < -0.3 is 10.1 Å². The number of nitrogens with one attached hydrogen (secondary N) is 1. The van der Waals surface area contributed by atoms with Crippen molar-refractivity contribution in [2.75, 3.05) is 7.11 Å². The Bertz CT molecular complexity index is 617. The summed E-state index contributed by atoms with van der Waals surface area (Å²) in [6, 6.07) is 12.3. The van der Waals surface area contributed by atoms with Gasteiger partial charge in [0.25, 0.3) is 0 Å². The third kappa shape index (κ3) is 3.55. The van der Waals surface area contributed by atoms with Crippen LogP contribution in [0.5, 0.6) is 5.75 Å². The third-order valence-electron chi connectivity index (χ3n) is 3.54. The second kappa shape index (κ2) is 6.92. The molecular formula is C17H19ClFNO. The molecule has 0 saturated carbocycles. The Kier molecular flexibility index (Phi) is 5.21. The largest absolute Gasteiger partial charge is 0.496 e. The number of rotatable bonds is 5. The molecule has 0 aromatic heterocycles. The molecule has 0 spiro atoms. The Morgan fingerprint density at radius 3 is 2.43 bits per heavy atom. The summed E-state index contributed by atoms with van der Waals surface area (Å²) in [5, 5.41) is 4.06. The summed E-state index contributed by atoms with van der Waals surface area (Å²) < 4.78 is 19.3. The van der Waals surface area contributed by atoms with Gasteiger partial charge in [0, 0.05) is 22.7 Å². The van der Waals surface area contributed by atoms with Crippen LogP contribution in [0.1, 0.15) is 37.1 Å². The van der Waals surface area contributed by atoms with Crippen molar-refractivity contribution in [3.05, 3.63) is 64.4 Å². The number of benzene rings is 2. The van der Waals surface area contributed by atoms with E-state index in [1.54, 1.807) is 19.2 Å². The van der Waals surface area contributed by atoms with Gasteiger partial charge in [-0.15, -0.1) is 0 Å². The summed E-state index contributed by atoms with van der Waals surface area (Å²) in [7, 11) is 1.54. The van der Waals surface area contributed by atoms with Crippen molar-refractivity contribution >= 4 is 11.6 Å². The molecule has 2 atom stereocenters. The molecule has 0 fully saturated rings. The number of hydrogen-bond donors (Lipinski definition) is 1. The summed E-state index contributed by atoms with van der Waals surface area (Å²) in [6.45, 7) is 3.92. The topological polar surface area (TPSA) is 21.3 Å². The number of methoxy groups -OCH3 is 1. The first-order valence-electron chi connectivity index (χ1n) is 6.87. The Balaban J connectivity index is 2.22. The third-order valence-corrected chi connectivity index (χ3v) is 3.88. The predicted molar refractivity (Wildman–Crippen MR) is 84.4 cm³/mol. The minimum atomic E-state index is -0.277. The molecule has 0 aliphatic rings. The smallest absolute Gasteiger partial charge is 0.131 e. The highest BCUT2D eigenvalue weighted by atomic mass is 35.5. The van der Waals surface area contributed by atoms with Crippen LogP contribution in [0.3, 0.4) is 0 Å². The van der Waals surface area contributed by atoms with Gasteiger partial charge in [0.05, 0.1) is 7.11 Å². The van der Waals surface area contributed by atoms with E-state index < -0.39 is 0 Å². The van der Waals surface area contributed by atoms with Crippen LogP contribution in [0.2, 0.25) is 5.02 Å². The van der Waals surface area contributed by atoms with E-state index in [0.717, 1.165) is 5.56 Å². The van der Waals surface area contributed by atoms with Crippen LogP contribution in [0.15, 0.2) is 42.5 Å². The molecule has 0 bridgehead atoms. The molecule has 4 heteroatoms. The molecule has 2 aromatic carbocycles. The van der Waals surface area contributed by atoms with Gasteiger partial charge in [0.15, 0.2) is 0 Å². The molecule has 0 heterocycles. The van der Waals surface area contributed by atoms with E-state index in [4.69, 9.17) is 16.3 Å². The standard InChI is InChI=1S/C17H19ClFNO/c1-11(13-7-4-5-8-14(13)18)20-12(2)17-15(19)9-6-10-16(17)21-3/h4-12,20H,1-3H3/t11-,12?/m0/s1. The maximum atomic E-state index is 14.1. The van der Waals surface area contributed by atoms with Crippen LogP contribution in [0.4, 0.5) is 4.39 Å². The summed E-state index contributed by atoms with van der Waals surface area (Å²) in [5.41, 5.74) is 1.51. The second-order valence-electron chi connectivity index (χ2n) is 4.99. The van der Waals surface area contributed by atoms with Crippen LogP contribution >= 0.6 is 11.6 Å². The maximum absolute atomic E-state index is 14.1. The van der Waals surface area contributed by atoms with Crippen LogP contribution in [-0.4, -0.2) is 7.11 Å². The fourth-order valence-electron chi connectivity index (χ4n) is 2.49. The molecule has 2 rings (SSSR count). The average molecular weight is 308 g/mol. The zero-order valence-corrected chi connectivity index (χ0v) is 13.1. The van der Waals surface area contributed by atoms with E-state index in [1.807, 2.05) is 38.1 Å². The zero-order valence-electron chi connectivity index (χ0n) is 12.4. The van der Waals surface area contributed by atoms with Crippen molar-refractivity contribution < 1.29 is 9.13 Å². The number of hydrogen-bond acceptors (Lipinski definition) is 2. The van der Waals surface area contributed by atoms with Crippen LogP contribution in [-0.2, 0) is 0 Å². The Labute approximate surface area is 129 Å². The fraction of sp³-hybridized carbons (Fsp3) is 0.294. The van der Waals surface area contributed by atoms with E-state index in [1.165, 1.54) is 6.07 Å². The molecule has 1 unspecified atom stereocenters. The molecule has 2 aromatic rings. The van der Waals surface area contributed by atoms with E-state index in [0.29, 0.717) is 16.3 Å². The maximum Gasteiger partial charge on any atom is 0.131 e. The molecule has 2 nitrogen and oxygen atoms in total. The SMILES string of the molecule is COc1cccc(F)c1C(C)N[C@@H](C)c1ccccc1Cl. The lowest BCUT2D eigenvalue weighted by Crippen LogP contribution is -2.24. The first-order valence-corrected chi connectivity index (χ1v) is 7.25.